The third kappa shape index (κ3) is 3.65. The molecular weight excluding hydrogens is 319 g/mol. The molecule has 25 heavy (non-hydrogen) atoms. The van der Waals surface area contributed by atoms with Crippen molar-refractivity contribution in [2.24, 2.45) is 5.73 Å². The lowest BCUT2D eigenvalue weighted by Gasteiger charge is -2.15. The number of anilines is 3. The average Bonchev–Trinajstić information content (AvgIpc) is 2.63. The molecule has 1 aromatic carbocycles. The van der Waals surface area contributed by atoms with Crippen molar-refractivity contribution >= 4 is 28.2 Å². The van der Waals surface area contributed by atoms with Crippen LogP contribution in [0.5, 0.6) is 0 Å². The summed E-state index contributed by atoms with van der Waals surface area (Å²) in [7, 11) is 0. The molecule has 1 atom stereocenters. The Kier molecular flexibility index (Phi) is 4.73. The van der Waals surface area contributed by atoms with Crippen molar-refractivity contribution in [1.29, 1.82) is 5.26 Å². The molecule has 0 saturated heterocycles. The number of benzene rings is 1. The standard InChI is InChI=1S/C18H17FN6/c1-11(9-20)23-18-15(19)8-13(10-21)17(25-18)24-14-4-5-16-12(7-14)3-2-6-22-16/h2-8,11H,9,20H2,1H3,(H2,23,24,25). The van der Waals surface area contributed by atoms with Crippen LogP contribution in [-0.4, -0.2) is 22.6 Å². The monoisotopic (exact) mass is 336 g/mol. The number of hydrogen-bond acceptors (Lipinski definition) is 6. The van der Waals surface area contributed by atoms with Crippen molar-refractivity contribution in [3.8, 4) is 6.07 Å². The van der Waals surface area contributed by atoms with Gasteiger partial charge in [-0.25, -0.2) is 9.37 Å². The van der Waals surface area contributed by atoms with Gasteiger partial charge in [-0.2, -0.15) is 5.26 Å². The van der Waals surface area contributed by atoms with Gasteiger partial charge in [-0.05, 0) is 37.3 Å². The van der Waals surface area contributed by atoms with E-state index in [1.54, 1.807) is 6.20 Å². The van der Waals surface area contributed by atoms with Gasteiger partial charge in [0.25, 0.3) is 0 Å². The summed E-state index contributed by atoms with van der Waals surface area (Å²) in [4.78, 5) is 8.48. The summed E-state index contributed by atoms with van der Waals surface area (Å²) in [6.45, 7) is 2.16. The van der Waals surface area contributed by atoms with Gasteiger partial charge >= 0.3 is 0 Å². The Bertz CT molecular complexity index is 950. The van der Waals surface area contributed by atoms with Crippen LogP contribution in [0.2, 0.25) is 0 Å². The van der Waals surface area contributed by atoms with Crippen LogP contribution < -0.4 is 16.4 Å². The van der Waals surface area contributed by atoms with Crippen LogP contribution in [0.25, 0.3) is 10.9 Å². The van der Waals surface area contributed by atoms with Crippen molar-refractivity contribution in [2.45, 2.75) is 13.0 Å². The molecule has 3 rings (SSSR count). The molecule has 126 valence electrons. The van der Waals surface area contributed by atoms with Crippen molar-refractivity contribution < 1.29 is 4.39 Å². The maximum absolute atomic E-state index is 14.1. The van der Waals surface area contributed by atoms with Crippen LogP contribution in [-0.2, 0) is 0 Å². The zero-order valence-electron chi connectivity index (χ0n) is 13.6. The topological polar surface area (TPSA) is 99.7 Å². The second-order valence-corrected chi connectivity index (χ2v) is 5.64. The number of pyridine rings is 2. The molecule has 0 aliphatic carbocycles. The maximum Gasteiger partial charge on any atom is 0.166 e. The highest BCUT2D eigenvalue weighted by atomic mass is 19.1. The highest BCUT2D eigenvalue weighted by Crippen LogP contribution is 2.25. The van der Waals surface area contributed by atoms with Gasteiger partial charge in [0.1, 0.15) is 6.07 Å². The van der Waals surface area contributed by atoms with E-state index in [1.165, 1.54) is 0 Å². The SMILES string of the molecule is CC(CN)Nc1nc(Nc2ccc3ncccc3c2)c(C#N)cc1F. The third-order valence-electron chi connectivity index (χ3n) is 3.70. The van der Waals surface area contributed by atoms with Gasteiger partial charge in [0, 0.05) is 29.9 Å². The smallest absolute Gasteiger partial charge is 0.166 e. The van der Waals surface area contributed by atoms with Crippen LogP contribution in [0.1, 0.15) is 12.5 Å². The quantitative estimate of drug-likeness (QED) is 0.662. The van der Waals surface area contributed by atoms with Gasteiger partial charge in [-0.1, -0.05) is 6.07 Å². The van der Waals surface area contributed by atoms with Gasteiger partial charge in [-0.15, -0.1) is 0 Å². The highest BCUT2D eigenvalue weighted by Gasteiger charge is 2.14. The number of nitrogens with two attached hydrogens (primary N) is 1. The van der Waals surface area contributed by atoms with E-state index < -0.39 is 5.82 Å². The number of nitriles is 1. The van der Waals surface area contributed by atoms with E-state index in [1.807, 2.05) is 43.3 Å². The first-order chi connectivity index (χ1) is 12.1. The van der Waals surface area contributed by atoms with Gasteiger partial charge in [-0.3, -0.25) is 4.98 Å². The van der Waals surface area contributed by atoms with Crippen LogP contribution in [0, 0.1) is 17.1 Å². The minimum Gasteiger partial charge on any atom is -0.364 e. The summed E-state index contributed by atoms with van der Waals surface area (Å²) in [5, 5.41) is 16.2. The molecule has 4 N–H and O–H groups in total. The van der Waals surface area contributed by atoms with Gasteiger partial charge < -0.3 is 16.4 Å². The summed E-state index contributed by atoms with van der Waals surface area (Å²) in [6.07, 6.45) is 1.72. The summed E-state index contributed by atoms with van der Waals surface area (Å²) < 4.78 is 14.1. The molecular formula is C18H17FN6. The van der Waals surface area contributed by atoms with E-state index >= 15 is 0 Å². The number of rotatable bonds is 5. The lowest BCUT2D eigenvalue weighted by atomic mass is 10.2. The summed E-state index contributed by atoms with van der Waals surface area (Å²) in [6, 6.07) is 12.3. The Labute approximate surface area is 144 Å². The normalized spacial score (nSPS) is 11.8. The highest BCUT2D eigenvalue weighted by molar-refractivity contribution is 5.83. The zero-order valence-corrected chi connectivity index (χ0v) is 13.6. The van der Waals surface area contributed by atoms with Crippen molar-refractivity contribution in [2.75, 3.05) is 17.2 Å². The van der Waals surface area contributed by atoms with Crippen LogP contribution >= 0.6 is 0 Å². The summed E-state index contributed by atoms with van der Waals surface area (Å²) >= 11 is 0. The second-order valence-electron chi connectivity index (χ2n) is 5.64. The molecule has 0 bridgehead atoms. The van der Waals surface area contributed by atoms with E-state index in [4.69, 9.17) is 5.73 Å². The Morgan fingerprint density at radius 2 is 2.12 bits per heavy atom. The van der Waals surface area contributed by atoms with Crippen LogP contribution in [0.3, 0.4) is 0 Å². The lowest BCUT2D eigenvalue weighted by Crippen LogP contribution is -2.26. The molecule has 2 heterocycles. The van der Waals surface area contributed by atoms with Gasteiger partial charge in [0.2, 0.25) is 0 Å². The molecule has 0 aliphatic heterocycles. The fraction of sp³-hybridized carbons (Fsp3) is 0.167. The summed E-state index contributed by atoms with van der Waals surface area (Å²) in [5.74, 6) is -0.258. The molecule has 0 amide bonds. The molecule has 2 aromatic heterocycles. The van der Waals surface area contributed by atoms with Gasteiger partial charge in [0.15, 0.2) is 17.5 Å². The number of aromatic nitrogens is 2. The van der Waals surface area contributed by atoms with Crippen LogP contribution in [0.15, 0.2) is 42.6 Å². The fourth-order valence-corrected chi connectivity index (χ4v) is 2.35. The van der Waals surface area contributed by atoms with Crippen molar-refractivity contribution in [3.05, 3.63) is 54.0 Å². The van der Waals surface area contributed by atoms with Crippen molar-refractivity contribution in [1.82, 2.24) is 9.97 Å². The molecule has 1 unspecified atom stereocenters. The number of halogens is 1. The summed E-state index contributed by atoms with van der Waals surface area (Å²) in [5.41, 5.74) is 7.27. The van der Waals surface area contributed by atoms with Gasteiger partial charge in [0.05, 0.1) is 11.1 Å². The predicted molar refractivity (Wildman–Crippen MR) is 96.1 cm³/mol. The number of fused-ring (bicyclic) bond motifs is 1. The van der Waals surface area contributed by atoms with Crippen LogP contribution in [0.4, 0.5) is 21.7 Å². The molecule has 3 aromatic rings. The minimum atomic E-state index is -0.592. The molecule has 0 saturated carbocycles. The molecule has 0 fully saturated rings. The zero-order chi connectivity index (χ0) is 17.8. The first-order valence-electron chi connectivity index (χ1n) is 7.79. The Morgan fingerprint density at radius 1 is 1.28 bits per heavy atom. The molecule has 0 radical (unpaired) electrons. The number of hydrogen-bond donors (Lipinski definition) is 3. The maximum atomic E-state index is 14.1. The largest absolute Gasteiger partial charge is 0.364 e. The molecule has 6 nitrogen and oxygen atoms in total. The first-order valence-corrected chi connectivity index (χ1v) is 7.79. The average molecular weight is 336 g/mol. The van der Waals surface area contributed by atoms with E-state index in [0.29, 0.717) is 6.54 Å². The Hall–Kier alpha value is -3.24. The van der Waals surface area contributed by atoms with E-state index in [-0.39, 0.29) is 23.2 Å². The number of nitrogens with one attached hydrogen (secondary N) is 2. The fourth-order valence-electron chi connectivity index (χ4n) is 2.35. The first kappa shape index (κ1) is 16.6. The van der Waals surface area contributed by atoms with Crippen molar-refractivity contribution in [3.63, 3.8) is 0 Å². The molecule has 0 spiro atoms. The predicted octanol–water partition coefficient (Wildman–Crippen LogP) is 3.14. The third-order valence-corrected chi connectivity index (χ3v) is 3.70. The molecule has 7 heteroatoms. The second kappa shape index (κ2) is 7.11. The van der Waals surface area contributed by atoms with E-state index in [2.05, 4.69) is 20.6 Å². The van der Waals surface area contributed by atoms with E-state index in [0.717, 1.165) is 22.7 Å². The lowest BCUT2D eigenvalue weighted by molar-refractivity contribution is 0.620. The van der Waals surface area contributed by atoms with E-state index in [9.17, 15) is 9.65 Å². The Balaban J connectivity index is 1.96. The minimum absolute atomic E-state index is 0.0573. The molecule has 0 aliphatic rings. The Morgan fingerprint density at radius 3 is 2.88 bits per heavy atom. The number of nitrogens with zero attached hydrogens (tertiary/aromatic N) is 3.